The Balaban J connectivity index is 2.40. The second kappa shape index (κ2) is 8.06. The fourth-order valence-corrected chi connectivity index (χ4v) is 2.11. The molecule has 18 heavy (non-hydrogen) atoms. The number of methoxy groups -OCH3 is 1. The topological polar surface area (TPSA) is 62.6 Å². The van der Waals surface area contributed by atoms with E-state index in [1.807, 2.05) is 6.92 Å². The first-order chi connectivity index (χ1) is 8.65. The van der Waals surface area contributed by atoms with Crippen LogP contribution in [-0.2, 0) is 14.3 Å². The van der Waals surface area contributed by atoms with E-state index < -0.39 is 0 Å². The normalized spacial score (nSPS) is 20.7. The van der Waals surface area contributed by atoms with Gasteiger partial charge in [0.25, 0.3) is 0 Å². The number of esters is 1. The Hall–Kier alpha value is -1.12. The van der Waals surface area contributed by atoms with Crippen molar-refractivity contribution in [3.63, 3.8) is 0 Å². The number of hydrogen-bond acceptors (Lipinski definition) is 5. The minimum Gasteiger partial charge on any atom is -0.469 e. The van der Waals surface area contributed by atoms with Gasteiger partial charge in [-0.3, -0.25) is 9.69 Å². The van der Waals surface area contributed by atoms with Crippen LogP contribution in [0.3, 0.4) is 0 Å². The third kappa shape index (κ3) is 5.48. The van der Waals surface area contributed by atoms with Crippen LogP contribution in [-0.4, -0.2) is 50.3 Å². The van der Waals surface area contributed by atoms with Crippen LogP contribution >= 0.6 is 0 Å². The predicted octanol–water partition coefficient (Wildman–Crippen LogP) is 1.19. The Labute approximate surface area is 109 Å². The molecule has 1 fully saturated rings. The zero-order valence-electron chi connectivity index (χ0n) is 11.2. The Bertz CT molecular complexity index is 295. The highest BCUT2D eigenvalue weighted by molar-refractivity contribution is 5.69. The molecule has 2 atom stereocenters. The standard InChI is InChI=1S/C13H22N2O3/c1-11(8-14)9-15(6-5-13(16)17-2)10-12-4-3-7-18-12/h11-12H,3-7,9-10H2,1-2H3. The van der Waals surface area contributed by atoms with Crippen molar-refractivity contribution in [3.8, 4) is 6.07 Å². The quantitative estimate of drug-likeness (QED) is 0.639. The number of carbonyl (C=O) groups excluding carboxylic acids is 1. The van der Waals surface area contributed by atoms with Crippen molar-refractivity contribution < 1.29 is 14.3 Å². The van der Waals surface area contributed by atoms with Gasteiger partial charge < -0.3 is 9.47 Å². The van der Waals surface area contributed by atoms with Crippen LogP contribution < -0.4 is 0 Å². The van der Waals surface area contributed by atoms with Gasteiger partial charge in [0.2, 0.25) is 0 Å². The molecule has 0 aromatic carbocycles. The first kappa shape index (κ1) is 14.9. The maximum atomic E-state index is 11.2. The van der Waals surface area contributed by atoms with Gasteiger partial charge in [0.1, 0.15) is 0 Å². The summed E-state index contributed by atoms with van der Waals surface area (Å²) in [7, 11) is 1.39. The van der Waals surface area contributed by atoms with E-state index in [9.17, 15) is 4.79 Å². The molecule has 0 bridgehead atoms. The lowest BCUT2D eigenvalue weighted by molar-refractivity contribution is -0.141. The third-order valence-electron chi connectivity index (χ3n) is 3.10. The molecule has 0 aliphatic carbocycles. The van der Waals surface area contributed by atoms with Crippen molar-refractivity contribution in [3.05, 3.63) is 0 Å². The van der Waals surface area contributed by atoms with E-state index in [-0.39, 0.29) is 18.0 Å². The van der Waals surface area contributed by atoms with E-state index in [1.54, 1.807) is 0 Å². The minimum absolute atomic E-state index is 0.0379. The van der Waals surface area contributed by atoms with Crippen LogP contribution in [0.15, 0.2) is 0 Å². The van der Waals surface area contributed by atoms with Gasteiger partial charge in [-0.05, 0) is 19.8 Å². The van der Waals surface area contributed by atoms with Crippen LogP contribution in [0.1, 0.15) is 26.2 Å². The summed E-state index contributed by atoms with van der Waals surface area (Å²) in [5.41, 5.74) is 0. The lowest BCUT2D eigenvalue weighted by Crippen LogP contribution is -2.36. The summed E-state index contributed by atoms with van der Waals surface area (Å²) >= 11 is 0. The van der Waals surface area contributed by atoms with Gasteiger partial charge in [0.05, 0.1) is 31.6 Å². The molecule has 0 aromatic heterocycles. The summed E-state index contributed by atoms with van der Waals surface area (Å²) < 4.78 is 10.2. The van der Waals surface area contributed by atoms with E-state index in [0.29, 0.717) is 19.5 Å². The van der Waals surface area contributed by atoms with Crippen molar-refractivity contribution >= 4 is 5.97 Å². The van der Waals surface area contributed by atoms with Crippen molar-refractivity contribution in [2.24, 2.45) is 5.92 Å². The van der Waals surface area contributed by atoms with Gasteiger partial charge >= 0.3 is 5.97 Å². The van der Waals surface area contributed by atoms with E-state index in [1.165, 1.54) is 7.11 Å². The Morgan fingerprint density at radius 3 is 3.00 bits per heavy atom. The van der Waals surface area contributed by atoms with Crippen LogP contribution in [0.25, 0.3) is 0 Å². The summed E-state index contributed by atoms with van der Waals surface area (Å²) in [6.45, 7) is 4.80. The van der Waals surface area contributed by atoms with Crippen molar-refractivity contribution in [2.75, 3.05) is 33.4 Å². The zero-order chi connectivity index (χ0) is 13.4. The van der Waals surface area contributed by atoms with Crippen LogP contribution in [0.4, 0.5) is 0 Å². The van der Waals surface area contributed by atoms with Gasteiger partial charge in [-0.15, -0.1) is 0 Å². The maximum Gasteiger partial charge on any atom is 0.306 e. The molecule has 1 rings (SSSR count). The summed E-state index contributed by atoms with van der Waals surface area (Å²) in [6, 6.07) is 2.22. The van der Waals surface area contributed by atoms with Gasteiger partial charge in [-0.25, -0.2) is 0 Å². The highest BCUT2D eigenvalue weighted by Gasteiger charge is 2.20. The molecule has 0 aromatic rings. The van der Waals surface area contributed by atoms with E-state index >= 15 is 0 Å². The Kier molecular flexibility index (Phi) is 6.69. The second-order valence-corrected chi connectivity index (χ2v) is 4.75. The van der Waals surface area contributed by atoms with Crippen molar-refractivity contribution in [1.29, 1.82) is 5.26 Å². The fraction of sp³-hybridized carbons (Fsp3) is 0.846. The SMILES string of the molecule is COC(=O)CCN(CC(C)C#N)CC1CCCO1. The van der Waals surface area contributed by atoms with Crippen molar-refractivity contribution in [2.45, 2.75) is 32.3 Å². The molecule has 0 spiro atoms. The molecule has 0 saturated carbocycles. The molecular formula is C13H22N2O3. The van der Waals surface area contributed by atoms with Crippen LogP contribution in [0.5, 0.6) is 0 Å². The maximum absolute atomic E-state index is 11.2. The van der Waals surface area contributed by atoms with E-state index in [0.717, 1.165) is 26.0 Å². The lowest BCUT2D eigenvalue weighted by Gasteiger charge is -2.25. The molecule has 1 saturated heterocycles. The monoisotopic (exact) mass is 254 g/mol. The summed E-state index contributed by atoms with van der Waals surface area (Å²) in [4.78, 5) is 13.3. The Morgan fingerprint density at radius 1 is 1.67 bits per heavy atom. The molecule has 0 radical (unpaired) electrons. The van der Waals surface area contributed by atoms with Crippen molar-refractivity contribution in [1.82, 2.24) is 4.90 Å². The summed E-state index contributed by atoms with van der Waals surface area (Å²) in [5.74, 6) is -0.249. The number of hydrogen-bond donors (Lipinski definition) is 0. The zero-order valence-corrected chi connectivity index (χ0v) is 11.2. The Morgan fingerprint density at radius 2 is 2.44 bits per heavy atom. The second-order valence-electron chi connectivity index (χ2n) is 4.75. The van der Waals surface area contributed by atoms with Gasteiger partial charge in [0, 0.05) is 26.2 Å². The van der Waals surface area contributed by atoms with Gasteiger partial charge in [0.15, 0.2) is 0 Å². The average molecular weight is 254 g/mol. The molecule has 1 heterocycles. The van der Waals surface area contributed by atoms with Crippen LogP contribution in [0.2, 0.25) is 0 Å². The minimum atomic E-state index is -0.211. The lowest BCUT2D eigenvalue weighted by atomic mass is 10.1. The molecule has 0 N–H and O–H groups in total. The predicted molar refractivity (Wildman–Crippen MR) is 66.8 cm³/mol. The van der Waals surface area contributed by atoms with E-state index in [4.69, 9.17) is 10.00 Å². The highest BCUT2D eigenvalue weighted by atomic mass is 16.5. The fourth-order valence-electron chi connectivity index (χ4n) is 2.11. The van der Waals surface area contributed by atoms with Gasteiger partial charge in [-0.2, -0.15) is 5.26 Å². The number of nitriles is 1. The molecule has 1 aliphatic rings. The molecule has 2 unspecified atom stereocenters. The molecule has 0 amide bonds. The smallest absolute Gasteiger partial charge is 0.306 e. The van der Waals surface area contributed by atoms with Gasteiger partial charge in [-0.1, -0.05) is 0 Å². The third-order valence-corrected chi connectivity index (χ3v) is 3.10. The molecule has 1 aliphatic heterocycles. The average Bonchev–Trinajstić information content (AvgIpc) is 2.88. The number of ether oxygens (including phenoxy) is 2. The molecular weight excluding hydrogens is 232 g/mol. The molecule has 5 heteroatoms. The largest absolute Gasteiger partial charge is 0.469 e. The van der Waals surface area contributed by atoms with E-state index in [2.05, 4.69) is 15.7 Å². The number of carbonyl (C=O) groups is 1. The summed E-state index contributed by atoms with van der Waals surface area (Å²) in [5, 5.41) is 8.87. The first-order valence-corrected chi connectivity index (χ1v) is 6.46. The summed E-state index contributed by atoms with van der Waals surface area (Å²) in [6.07, 6.45) is 2.77. The molecule has 102 valence electrons. The number of rotatable bonds is 7. The number of nitrogens with zero attached hydrogens (tertiary/aromatic N) is 2. The highest BCUT2D eigenvalue weighted by Crippen LogP contribution is 2.14. The molecule has 5 nitrogen and oxygen atoms in total. The van der Waals surface area contributed by atoms with Crippen LogP contribution in [0, 0.1) is 17.2 Å². The first-order valence-electron chi connectivity index (χ1n) is 6.46.